The van der Waals surface area contributed by atoms with E-state index in [1.807, 2.05) is 0 Å². The van der Waals surface area contributed by atoms with Gasteiger partial charge in [-0.25, -0.2) is 0 Å². The summed E-state index contributed by atoms with van der Waals surface area (Å²) in [5.41, 5.74) is 0.605. The summed E-state index contributed by atoms with van der Waals surface area (Å²) in [4.78, 5) is 12.9. The maximum absolute atomic E-state index is 11.0. The van der Waals surface area contributed by atoms with Crippen LogP contribution in [0.1, 0.15) is 32.4 Å². The van der Waals surface area contributed by atoms with Gasteiger partial charge in [0.25, 0.3) is 0 Å². The van der Waals surface area contributed by atoms with Gasteiger partial charge in [0, 0.05) is 38.3 Å². The number of phenolic OH excluding ortho intramolecular Hbond substituents is 1. The van der Waals surface area contributed by atoms with Crippen molar-refractivity contribution in [3.05, 3.63) is 33.9 Å². The summed E-state index contributed by atoms with van der Waals surface area (Å²) in [6.45, 7) is 10.1. The first-order valence-corrected chi connectivity index (χ1v) is 7.23. The van der Waals surface area contributed by atoms with Crippen molar-refractivity contribution in [3.8, 4) is 5.75 Å². The summed E-state index contributed by atoms with van der Waals surface area (Å²) in [6.07, 6.45) is 0. The molecule has 23 heavy (non-hydrogen) atoms. The summed E-state index contributed by atoms with van der Waals surface area (Å²) in [7, 11) is 0. The molecule has 1 aliphatic heterocycles. The molecule has 0 aliphatic carbocycles. The first-order valence-electron chi connectivity index (χ1n) is 7.23. The molecule has 1 fully saturated rings. The van der Waals surface area contributed by atoms with Crippen LogP contribution in [0.4, 0.5) is 5.69 Å². The van der Waals surface area contributed by atoms with Crippen LogP contribution in [0.15, 0.2) is 18.2 Å². The molecule has 1 heterocycles. The van der Waals surface area contributed by atoms with Gasteiger partial charge >= 0.3 is 5.69 Å². The molecule has 1 atom stereocenters. The van der Waals surface area contributed by atoms with Crippen molar-refractivity contribution in [1.29, 1.82) is 0 Å². The molecule has 1 saturated heterocycles. The van der Waals surface area contributed by atoms with Crippen molar-refractivity contribution in [2.75, 3.05) is 26.2 Å². The Kier molecular flexibility index (Phi) is 8.28. The fraction of sp³-hybridized carbons (Fsp3) is 0.600. The van der Waals surface area contributed by atoms with E-state index in [0.717, 1.165) is 31.7 Å². The van der Waals surface area contributed by atoms with Gasteiger partial charge in [0.15, 0.2) is 5.75 Å². The number of hydrogen-bond donors (Lipinski definition) is 2. The number of nitrogens with one attached hydrogen (secondary N) is 1. The zero-order valence-corrected chi connectivity index (χ0v) is 15.2. The minimum atomic E-state index is -0.531. The highest BCUT2D eigenvalue weighted by Gasteiger charge is 2.33. The van der Waals surface area contributed by atoms with Crippen LogP contribution in [0.3, 0.4) is 0 Å². The van der Waals surface area contributed by atoms with Crippen LogP contribution in [0.2, 0.25) is 0 Å². The van der Waals surface area contributed by atoms with Gasteiger partial charge in [-0.15, -0.1) is 24.8 Å². The second kappa shape index (κ2) is 8.68. The molecule has 1 aliphatic rings. The summed E-state index contributed by atoms with van der Waals surface area (Å²) in [5, 5.41) is 24.0. The fourth-order valence-electron chi connectivity index (χ4n) is 3.06. The zero-order valence-electron chi connectivity index (χ0n) is 13.6. The van der Waals surface area contributed by atoms with Crippen molar-refractivity contribution < 1.29 is 10.0 Å². The van der Waals surface area contributed by atoms with Crippen LogP contribution in [-0.2, 0) is 0 Å². The van der Waals surface area contributed by atoms with Crippen LogP contribution in [0.5, 0.6) is 5.75 Å². The smallest absolute Gasteiger partial charge is 0.311 e. The van der Waals surface area contributed by atoms with E-state index in [-0.39, 0.29) is 47.7 Å². The Morgan fingerprint density at radius 1 is 1.26 bits per heavy atom. The van der Waals surface area contributed by atoms with E-state index < -0.39 is 4.92 Å². The number of nitro benzene ring substituents is 1. The number of hydrogen-bond acceptors (Lipinski definition) is 5. The topological polar surface area (TPSA) is 78.6 Å². The van der Waals surface area contributed by atoms with Gasteiger partial charge in [-0.3, -0.25) is 15.0 Å². The number of nitro groups is 1. The molecule has 2 N–H and O–H groups in total. The lowest BCUT2D eigenvalue weighted by molar-refractivity contribution is -0.386. The van der Waals surface area contributed by atoms with Crippen molar-refractivity contribution in [2.24, 2.45) is 5.41 Å². The van der Waals surface area contributed by atoms with E-state index in [9.17, 15) is 15.2 Å². The van der Waals surface area contributed by atoms with Crippen molar-refractivity contribution >= 4 is 30.5 Å². The average Bonchev–Trinajstić information content (AvgIpc) is 2.40. The Labute approximate surface area is 149 Å². The summed E-state index contributed by atoms with van der Waals surface area (Å²) in [5.74, 6) is -0.281. The molecule has 2 rings (SSSR count). The minimum Gasteiger partial charge on any atom is -0.502 e. The van der Waals surface area contributed by atoms with Crippen LogP contribution in [-0.4, -0.2) is 41.1 Å². The molecular formula is C15H25Cl2N3O3. The highest BCUT2D eigenvalue weighted by atomic mass is 35.5. The number of aromatic hydroxyl groups is 1. The van der Waals surface area contributed by atoms with Crippen LogP contribution >= 0.6 is 24.8 Å². The monoisotopic (exact) mass is 365 g/mol. The Morgan fingerprint density at radius 2 is 1.83 bits per heavy atom. The molecule has 0 saturated carbocycles. The van der Waals surface area contributed by atoms with E-state index in [1.54, 1.807) is 6.07 Å². The summed E-state index contributed by atoms with van der Waals surface area (Å²) >= 11 is 0. The van der Waals surface area contributed by atoms with Gasteiger partial charge in [-0.2, -0.15) is 0 Å². The summed E-state index contributed by atoms with van der Waals surface area (Å²) < 4.78 is 0. The highest BCUT2D eigenvalue weighted by Crippen LogP contribution is 2.40. The van der Waals surface area contributed by atoms with Crippen LogP contribution in [0, 0.1) is 15.5 Å². The lowest BCUT2D eigenvalue weighted by Gasteiger charge is -2.42. The van der Waals surface area contributed by atoms with Gasteiger partial charge in [0.2, 0.25) is 0 Å². The van der Waals surface area contributed by atoms with Crippen molar-refractivity contribution in [2.45, 2.75) is 26.8 Å². The molecule has 0 radical (unpaired) electrons. The highest BCUT2D eigenvalue weighted by molar-refractivity contribution is 5.85. The minimum absolute atomic E-state index is 0. The number of benzene rings is 1. The fourth-order valence-corrected chi connectivity index (χ4v) is 3.06. The SMILES string of the molecule is CC(C)(C)[C@H](c1ccc(O)c([N+](=O)[O-])c1)N1CCNCC1.Cl.Cl. The number of halogens is 2. The molecule has 0 amide bonds. The first kappa shape index (κ1) is 21.9. The van der Waals surface area contributed by atoms with Crippen molar-refractivity contribution in [3.63, 3.8) is 0 Å². The molecule has 0 bridgehead atoms. The lowest BCUT2D eigenvalue weighted by atomic mass is 9.80. The van der Waals surface area contributed by atoms with Crippen LogP contribution in [0.25, 0.3) is 0 Å². The van der Waals surface area contributed by atoms with Gasteiger partial charge in [-0.1, -0.05) is 26.8 Å². The predicted octanol–water partition coefficient (Wildman–Crippen LogP) is 3.14. The maximum atomic E-state index is 11.0. The number of rotatable bonds is 3. The molecule has 0 aromatic heterocycles. The molecule has 1 aromatic carbocycles. The molecule has 0 spiro atoms. The van der Waals surface area contributed by atoms with E-state index in [0.29, 0.717) is 0 Å². The first-order chi connectivity index (χ1) is 9.80. The van der Waals surface area contributed by atoms with Gasteiger partial charge < -0.3 is 10.4 Å². The Morgan fingerprint density at radius 3 is 2.30 bits per heavy atom. The number of phenols is 1. The molecule has 132 valence electrons. The predicted molar refractivity (Wildman–Crippen MR) is 95.9 cm³/mol. The quantitative estimate of drug-likeness (QED) is 0.635. The normalized spacial score (nSPS) is 16.8. The van der Waals surface area contributed by atoms with Gasteiger partial charge in [0.1, 0.15) is 0 Å². The third-order valence-corrected chi connectivity index (χ3v) is 3.85. The van der Waals surface area contributed by atoms with Gasteiger partial charge in [0.05, 0.1) is 4.92 Å². The third-order valence-electron chi connectivity index (χ3n) is 3.85. The zero-order chi connectivity index (χ0) is 15.6. The van der Waals surface area contributed by atoms with E-state index >= 15 is 0 Å². The van der Waals surface area contributed by atoms with Crippen molar-refractivity contribution in [1.82, 2.24) is 10.2 Å². The summed E-state index contributed by atoms with van der Waals surface area (Å²) in [6, 6.07) is 4.81. The maximum Gasteiger partial charge on any atom is 0.311 e. The Hall–Kier alpha value is -1.08. The molecular weight excluding hydrogens is 341 g/mol. The third kappa shape index (κ3) is 5.21. The second-order valence-corrected chi connectivity index (χ2v) is 6.56. The van der Waals surface area contributed by atoms with E-state index in [4.69, 9.17) is 0 Å². The number of nitrogens with zero attached hydrogens (tertiary/aromatic N) is 2. The Balaban J connectivity index is 0.00000242. The second-order valence-electron chi connectivity index (χ2n) is 6.56. The molecule has 6 nitrogen and oxygen atoms in total. The van der Waals surface area contributed by atoms with E-state index in [2.05, 4.69) is 31.0 Å². The largest absolute Gasteiger partial charge is 0.502 e. The van der Waals surface area contributed by atoms with Gasteiger partial charge in [-0.05, 0) is 17.0 Å². The van der Waals surface area contributed by atoms with E-state index in [1.165, 1.54) is 12.1 Å². The Bertz CT molecular complexity index is 529. The standard InChI is InChI=1S/C15H23N3O3.2ClH/c1-15(2,3)14(17-8-6-16-7-9-17)11-4-5-13(19)12(10-11)18(20)21;;/h4-5,10,14,16,19H,6-9H2,1-3H3;2*1H/t14-;;/m0../s1. The molecule has 8 heteroatoms. The number of piperazine rings is 1. The molecule has 1 aromatic rings. The average molecular weight is 366 g/mol. The lowest BCUT2D eigenvalue weighted by Crippen LogP contribution is -2.48. The van der Waals surface area contributed by atoms with Crippen LogP contribution < -0.4 is 5.32 Å². The molecule has 0 unspecified atom stereocenters.